The molecule has 0 aromatic rings. The molecule has 0 heterocycles. The van der Waals surface area contributed by atoms with E-state index in [1.54, 1.807) is 0 Å². The first-order chi connectivity index (χ1) is 28.1. The van der Waals surface area contributed by atoms with Crippen LogP contribution in [0.2, 0.25) is 0 Å². The first-order valence-electron chi connectivity index (χ1n) is 23.2. The van der Waals surface area contributed by atoms with E-state index in [2.05, 4.69) is 86.8 Å². The third-order valence-corrected chi connectivity index (χ3v) is 10.5. The maximum Gasteiger partial charge on any atom is 0.472 e. The molecule has 0 spiro atoms. The molecule has 0 saturated carbocycles. The monoisotopic (exact) mass is 835 g/mol. The average Bonchev–Trinajstić information content (AvgIpc) is 3.18. The van der Waals surface area contributed by atoms with E-state index in [-0.39, 0.29) is 25.8 Å². The van der Waals surface area contributed by atoms with Crippen molar-refractivity contribution in [2.45, 2.75) is 180 Å². The summed E-state index contributed by atoms with van der Waals surface area (Å²) in [6.45, 7) is 5.44. The van der Waals surface area contributed by atoms with E-state index in [4.69, 9.17) is 18.5 Å². The number of hydrogen-bond donors (Lipinski definition) is 1. The summed E-state index contributed by atoms with van der Waals surface area (Å²) in [5, 5.41) is 0. The highest BCUT2D eigenvalue weighted by Crippen LogP contribution is 2.43. The Kier molecular flexibility index (Phi) is 40.2. The lowest BCUT2D eigenvalue weighted by atomic mass is 10.1. The maximum absolute atomic E-state index is 12.7. The summed E-state index contributed by atoms with van der Waals surface area (Å²) in [5.74, 6) is -0.331. The van der Waals surface area contributed by atoms with Crippen LogP contribution < -0.4 is 0 Å². The molecule has 0 saturated heterocycles. The predicted octanol–water partition coefficient (Wildman–Crippen LogP) is 13.9. The van der Waals surface area contributed by atoms with Crippen LogP contribution in [0.25, 0.3) is 0 Å². The van der Waals surface area contributed by atoms with Gasteiger partial charge in [0.2, 0.25) is 0 Å². The van der Waals surface area contributed by atoms with Crippen LogP contribution in [0.5, 0.6) is 0 Å². The molecule has 2 unspecified atom stereocenters. The lowest BCUT2D eigenvalue weighted by Crippen LogP contribution is -2.37. The normalized spacial score (nSPS) is 14.4. The first kappa shape index (κ1) is 55.9. The van der Waals surface area contributed by atoms with Gasteiger partial charge in [0, 0.05) is 13.0 Å². The number of rotatable bonds is 42. The highest BCUT2D eigenvalue weighted by Gasteiger charge is 2.26. The zero-order valence-electron chi connectivity index (χ0n) is 38.0. The third-order valence-electron chi connectivity index (χ3n) is 9.50. The maximum atomic E-state index is 12.7. The summed E-state index contributed by atoms with van der Waals surface area (Å²) < 4.78 is 35.0. The Morgan fingerprint density at radius 1 is 0.552 bits per heavy atom. The second-order valence-electron chi connectivity index (χ2n) is 16.4. The minimum absolute atomic E-state index is 0.0804. The number of phosphoric ester groups is 1. The van der Waals surface area contributed by atoms with Crippen molar-refractivity contribution in [1.82, 2.24) is 0 Å². The molecule has 58 heavy (non-hydrogen) atoms. The number of nitrogens with zero attached hydrogens (tertiary/aromatic N) is 1. The quantitative estimate of drug-likeness (QED) is 0.0215. The van der Waals surface area contributed by atoms with Crippen LogP contribution in [0, 0.1) is 0 Å². The van der Waals surface area contributed by atoms with Crippen molar-refractivity contribution >= 4 is 13.8 Å². The number of unbranched alkanes of at least 4 members (excludes halogenated alkanes) is 16. The summed E-state index contributed by atoms with van der Waals surface area (Å²) in [6, 6.07) is 0. The number of ether oxygens (including phenoxy) is 2. The van der Waals surface area contributed by atoms with Crippen molar-refractivity contribution in [1.29, 1.82) is 0 Å². The highest BCUT2D eigenvalue weighted by atomic mass is 31.2. The molecule has 8 nitrogen and oxygen atoms in total. The first-order valence-corrected chi connectivity index (χ1v) is 24.7. The van der Waals surface area contributed by atoms with Crippen LogP contribution in [0.4, 0.5) is 0 Å². The molecule has 0 rings (SSSR count). The van der Waals surface area contributed by atoms with Crippen LogP contribution in [-0.4, -0.2) is 75.6 Å². The van der Waals surface area contributed by atoms with Crippen LogP contribution in [0.15, 0.2) is 72.9 Å². The zero-order chi connectivity index (χ0) is 42.7. The molecule has 0 aliphatic rings. The lowest BCUT2D eigenvalue weighted by Gasteiger charge is -2.24. The molecule has 336 valence electrons. The van der Waals surface area contributed by atoms with Crippen molar-refractivity contribution in [3.8, 4) is 0 Å². The predicted molar refractivity (Wildman–Crippen MR) is 247 cm³/mol. The van der Waals surface area contributed by atoms with Gasteiger partial charge in [-0.15, -0.1) is 0 Å². The molecule has 0 aliphatic carbocycles. The molecule has 1 N–H and O–H groups in total. The van der Waals surface area contributed by atoms with Gasteiger partial charge < -0.3 is 18.9 Å². The van der Waals surface area contributed by atoms with E-state index in [1.807, 2.05) is 21.1 Å². The molecule has 0 aromatic carbocycles. The van der Waals surface area contributed by atoms with E-state index >= 15 is 0 Å². The van der Waals surface area contributed by atoms with Crippen molar-refractivity contribution in [3.63, 3.8) is 0 Å². The summed E-state index contributed by atoms with van der Waals surface area (Å²) in [4.78, 5) is 22.9. The second kappa shape index (κ2) is 41.7. The van der Waals surface area contributed by atoms with Gasteiger partial charge in [-0.2, -0.15) is 0 Å². The van der Waals surface area contributed by atoms with Gasteiger partial charge in [-0.05, 0) is 83.5 Å². The van der Waals surface area contributed by atoms with Crippen LogP contribution in [0.1, 0.15) is 174 Å². The second-order valence-corrected chi connectivity index (χ2v) is 17.9. The lowest BCUT2D eigenvalue weighted by molar-refractivity contribution is -0.870. The van der Waals surface area contributed by atoms with Gasteiger partial charge in [-0.3, -0.25) is 13.8 Å². The van der Waals surface area contributed by atoms with Crippen molar-refractivity contribution in [3.05, 3.63) is 72.9 Å². The Balaban J connectivity index is 4.24. The minimum Gasteiger partial charge on any atom is -0.457 e. The Labute approximate surface area is 357 Å². The van der Waals surface area contributed by atoms with E-state index in [0.717, 1.165) is 89.9 Å². The number of esters is 1. The molecule has 9 heteroatoms. The van der Waals surface area contributed by atoms with Gasteiger partial charge >= 0.3 is 13.8 Å². The van der Waals surface area contributed by atoms with Gasteiger partial charge in [0.1, 0.15) is 19.3 Å². The molecule has 0 aliphatic heterocycles. The molecular weight excluding hydrogens is 746 g/mol. The summed E-state index contributed by atoms with van der Waals surface area (Å²) >= 11 is 0. The smallest absolute Gasteiger partial charge is 0.457 e. The van der Waals surface area contributed by atoms with Gasteiger partial charge in [-0.1, -0.05) is 157 Å². The Bertz CT molecular complexity index is 1150. The zero-order valence-corrected chi connectivity index (χ0v) is 38.9. The van der Waals surface area contributed by atoms with E-state index in [1.165, 1.54) is 64.2 Å². The fourth-order valence-electron chi connectivity index (χ4n) is 5.93. The van der Waals surface area contributed by atoms with Gasteiger partial charge in [0.25, 0.3) is 0 Å². The Hall–Kier alpha value is -2.06. The van der Waals surface area contributed by atoms with Crippen molar-refractivity contribution in [2.75, 3.05) is 54.1 Å². The van der Waals surface area contributed by atoms with E-state index in [0.29, 0.717) is 24.1 Å². The number of quaternary nitrogens is 1. The topological polar surface area (TPSA) is 91.3 Å². The third kappa shape index (κ3) is 45.0. The van der Waals surface area contributed by atoms with E-state index in [9.17, 15) is 14.3 Å². The molecular formula is C49H89NO7P+. The average molecular weight is 835 g/mol. The number of likely N-dealkylation sites (N-methyl/N-ethyl adjacent to an activating group) is 1. The number of phosphoric acid groups is 1. The minimum atomic E-state index is -4.29. The molecule has 2 atom stereocenters. The van der Waals surface area contributed by atoms with Crippen LogP contribution in [0.3, 0.4) is 0 Å². The summed E-state index contributed by atoms with van der Waals surface area (Å²) in [6.07, 6.45) is 53.6. The Morgan fingerprint density at radius 3 is 1.52 bits per heavy atom. The summed E-state index contributed by atoms with van der Waals surface area (Å²) in [5.41, 5.74) is 0. The standard InChI is InChI=1S/C49H88NO7P/c1-6-8-10-12-14-16-18-20-22-23-24-25-26-27-28-29-31-33-35-37-39-41-44-54-46-48(47-56-58(52,53)55-45-43-50(3,4)5)57-49(51)42-40-38-36-34-32-30-21-19-17-15-13-11-9-7-2/h8,10,14,16,19-22,24-25,27-28,48H,6-7,9,11-13,15,17-18,23,26,29-47H2,1-5H3/p+1/b10-8-,16-14-,21-19-,22-20-,25-24-,28-27-. The van der Waals surface area contributed by atoms with E-state index < -0.39 is 13.9 Å². The van der Waals surface area contributed by atoms with Crippen LogP contribution >= 0.6 is 7.82 Å². The van der Waals surface area contributed by atoms with Crippen LogP contribution in [-0.2, 0) is 27.9 Å². The fraction of sp³-hybridized carbons (Fsp3) is 0.735. The largest absolute Gasteiger partial charge is 0.472 e. The van der Waals surface area contributed by atoms with Gasteiger partial charge in [-0.25, -0.2) is 4.57 Å². The number of hydrogen-bond acceptors (Lipinski definition) is 6. The van der Waals surface area contributed by atoms with Crippen molar-refractivity contribution in [2.24, 2.45) is 0 Å². The molecule has 0 aromatic heterocycles. The SMILES string of the molecule is CC/C=C\C/C=C\C/C=C\C/C=C\C/C=C\CCCCCCCCOCC(COP(=O)(O)OCC[N+](C)(C)C)OC(=O)CCCCCCC/C=C\CCCCCCC. The molecule has 0 fully saturated rings. The summed E-state index contributed by atoms with van der Waals surface area (Å²) in [7, 11) is 1.64. The highest BCUT2D eigenvalue weighted by molar-refractivity contribution is 7.47. The van der Waals surface area contributed by atoms with Gasteiger partial charge in [0.05, 0.1) is 34.4 Å². The number of allylic oxidation sites excluding steroid dienone is 12. The van der Waals surface area contributed by atoms with Crippen molar-refractivity contribution < 1.29 is 37.3 Å². The number of carbonyl (C=O) groups excluding carboxylic acids is 1. The molecule has 0 amide bonds. The molecule has 0 radical (unpaired) electrons. The number of carbonyl (C=O) groups is 1. The Morgan fingerprint density at radius 2 is 1.00 bits per heavy atom. The van der Waals surface area contributed by atoms with Gasteiger partial charge in [0.15, 0.2) is 0 Å². The molecule has 0 bridgehead atoms. The fourth-order valence-corrected chi connectivity index (χ4v) is 6.67.